The first-order chi connectivity index (χ1) is 8.70. The Hall–Kier alpha value is -1.30. The van der Waals surface area contributed by atoms with Crippen LogP contribution in [0.2, 0.25) is 5.02 Å². The van der Waals surface area contributed by atoms with Crippen LogP contribution >= 0.6 is 11.6 Å². The fourth-order valence-electron chi connectivity index (χ4n) is 1.68. The van der Waals surface area contributed by atoms with Gasteiger partial charge in [0.1, 0.15) is 11.8 Å². The fourth-order valence-corrected chi connectivity index (χ4v) is 1.85. The quantitative estimate of drug-likeness (QED) is 0.869. The van der Waals surface area contributed by atoms with Crippen LogP contribution in [0.1, 0.15) is 0 Å². The molecule has 0 spiro atoms. The van der Waals surface area contributed by atoms with Crippen LogP contribution in [0.5, 0.6) is 5.75 Å². The van der Waals surface area contributed by atoms with E-state index in [4.69, 9.17) is 21.1 Å². The summed E-state index contributed by atoms with van der Waals surface area (Å²) in [6.45, 7) is 1.67. The van der Waals surface area contributed by atoms with E-state index < -0.39 is 0 Å². The van der Waals surface area contributed by atoms with Gasteiger partial charge in [-0.05, 0) is 12.1 Å². The molecule has 1 unspecified atom stereocenters. The van der Waals surface area contributed by atoms with E-state index in [9.17, 15) is 4.79 Å². The molecule has 1 aromatic rings. The molecule has 1 aliphatic heterocycles. The van der Waals surface area contributed by atoms with E-state index in [1.807, 2.05) is 0 Å². The molecule has 1 heterocycles. The maximum absolute atomic E-state index is 12.0. The highest BCUT2D eigenvalue weighted by Crippen LogP contribution is 2.26. The molecule has 0 bridgehead atoms. The zero-order chi connectivity index (χ0) is 13.0. The molecule has 1 amide bonds. The van der Waals surface area contributed by atoms with E-state index in [-0.39, 0.29) is 11.9 Å². The predicted molar refractivity (Wildman–Crippen MR) is 69.2 cm³/mol. The first kappa shape index (κ1) is 13.1. The highest BCUT2D eigenvalue weighted by molar-refractivity contribution is 6.33. The Morgan fingerprint density at radius 1 is 1.61 bits per heavy atom. The summed E-state index contributed by atoms with van der Waals surface area (Å²) >= 11 is 6.01. The number of hydrogen-bond donors (Lipinski definition) is 2. The Bertz CT molecular complexity index is 433. The van der Waals surface area contributed by atoms with E-state index >= 15 is 0 Å². The molecule has 0 aromatic heterocycles. The fraction of sp³-hybridized carbons (Fsp3) is 0.417. The summed E-state index contributed by atoms with van der Waals surface area (Å²) in [5, 5.41) is 6.31. The molecule has 18 heavy (non-hydrogen) atoms. The molecule has 2 N–H and O–H groups in total. The minimum absolute atomic E-state index is 0.162. The molecule has 0 saturated carbocycles. The first-order valence-electron chi connectivity index (χ1n) is 5.66. The maximum Gasteiger partial charge on any atom is 0.243 e. The smallest absolute Gasteiger partial charge is 0.243 e. The molecule has 0 aliphatic carbocycles. The largest absolute Gasteiger partial charge is 0.497 e. The number of nitrogens with one attached hydrogen (secondary N) is 2. The van der Waals surface area contributed by atoms with Crippen LogP contribution in [-0.2, 0) is 9.53 Å². The molecule has 98 valence electrons. The highest BCUT2D eigenvalue weighted by Gasteiger charge is 2.21. The van der Waals surface area contributed by atoms with Gasteiger partial charge in [0.25, 0.3) is 0 Å². The van der Waals surface area contributed by atoms with Crippen molar-refractivity contribution in [2.24, 2.45) is 0 Å². The molecule has 2 rings (SSSR count). The zero-order valence-electron chi connectivity index (χ0n) is 10.0. The van der Waals surface area contributed by atoms with Gasteiger partial charge >= 0.3 is 0 Å². The van der Waals surface area contributed by atoms with Crippen LogP contribution in [0.4, 0.5) is 5.69 Å². The lowest BCUT2D eigenvalue weighted by molar-refractivity contribution is -0.120. The summed E-state index contributed by atoms with van der Waals surface area (Å²) in [7, 11) is 1.56. The van der Waals surface area contributed by atoms with E-state index in [0.717, 1.165) is 0 Å². The summed E-state index contributed by atoms with van der Waals surface area (Å²) in [6.07, 6.45) is 0. The predicted octanol–water partition coefficient (Wildman–Crippen LogP) is 1.28. The maximum atomic E-state index is 12.0. The minimum Gasteiger partial charge on any atom is -0.497 e. The Balaban J connectivity index is 2.05. The van der Waals surface area contributed by atoms with Gasteiger partial charge in [0.05, 0.1) is 31.0 Å². The van der Waals surface area contributed by atoms with Gasteiger partial charge < -0.3 is 20.1 Å². The van der Waals surface area contributed by atoms with Crippen LogP contribution in [0.15, 0.2) is 18.2 Å². The molecule has 5 nitrogen and oxygen atoms in total. The lowest BCUT2D eigenvalue weighted by Gasteiger charge is -2.23. The second-order valence-corrected chi connectivity index (χ2v) is 4.32. The van der Waals surface area contributed by atoms with Crippen molar-refractivity contribution in [2.75, 3.05) is 32.2 Å². The molecule has 6 heteroatoms. The zero-order valence-corrected chi connectivity index (χ0v) is 10.8. The number of carbonyl (C=O) groups is 1. The number of benzene rings is 1. The number of amides is 1. The van der Waals surface area contributed by atoms with Crippen LogP contribution in [0, 0.1) is 0 Å². The lowest BCUT2D eigenvalue weighted by atomic mass is 10.2. The van der Waals surface area contributed by atoms with Gasteiger partial charge in [-0.15, -0.1) is 0 Å². The monoisotopic (exact) mass is 270 g/mol. The summed E-state index contributed by atoms with van der Waals surface area (Å²) in [4.78, 5) is 12.0. The van der Waals surface area contributed by atoms with Crippen LogP contribution in [-0.4, -0.2) is 38.8 Å². The van der Waals surface area contributed by atoms with E-state index in [0.29, 0.717) is 36.2 Å². The van der Waals surface area contributed by atoms with Gasteiger partial charge in [0.2, 0.25) is 5.91 Å². The van der Waals surface area contributed by atoms with Crippen molar-refractivity contribution in [2.45, 2.75) is 6.04 Å². The molecular weight excluding hydrogens is 256 g/mol. The van der Waals surface area contributed by atoms with Crippen molar-refractivity contribution >= 4 is 23.2 Å². The normalized spacial score (nSPS) is 19.3. The Morgan fingerprint density at radius 2 is 2.44 bits per heavy atom. The van der Waals surface area contributed by atoms with Crippen molar-refractivity contribution < 1.29 is 14.3 Å². The topological polar surface area (TPSA) is 59.6 Å². The molecule has 1 atom stereocenters. The Kier molecular flexibility index (Phi) is 4.41. The number of anilines is 1. The molecule has 0 radical (unpaired) electrons. The molecular formula is C12H15ClN2O3. The minimum atomic E-state index is -0.346. The van der Waals surface area contributed by atoms with Gasteiger partial charge in [0.15, 0.2) is 0 Å². The number of morpholine rings is 1. The summed E-state index contributed by atoms with van der Waals surface area (Å²) < 4.78 is 10.3. The van der Waals surface area contributed by atoms with Crippen LogP contribution < -0.4 is 15.4 Å². The Morgan fingerprint density at radius 3 is 3.11 bits per heavy atom. The van der Waals surface area contributed by atoms with Crippen LogP contribution in [0.3, 0.4) is 0 Å². The highest BCUT2D eigenvalue weighted by atomic mass is 35.5. The van der Waals surface area contributed by atoms with Crippen molar-refractivity contribution in [3.8, 4) is 5.75 Å². The van der Waals surface area contributed by atoms with Crippen molar-refractivity contribution in [1.82, 2.24) is 5.32 Å². The van der Waals surface area contributed by atoms with Gasteiger partial charge in [-0.1, -0.05) is 11.6 Å². The summed E-state index contributed by atoms with van der Waals surface area (Å²) in [5.74, 6) is 0.479. The lowest BCUT2D eigenvalue weighted by Crippen LogP contribution is -2.48. The third kappa shape index (κ3) is 3.13. The molecule has 1 saturated heterocycles. The van der Waals surface area contributed by atoms with Crippen molar-refractivity contribution in [1.29, 1.82) is 0 Å². The third-order valence-electron chi connectivity index (χ3n) is 2.67. The van der Waals surface area contributed by atoms with E-state index in [1.54, 1.807) is 25.3 Å². The SMILES string of the molecule is COc1ccc(Cl)c(NC(=O)C2COCCN2)c1. The number of rotatable bonds is 3. The number of carbonyl (C=O) groups excluding carboxylic acids is 1. The van der Waals surface area contributed by atoms with Gasteiger partial charge in [-0.25, -0.2) is 0 Å². The molecule has 1 fully saturated rings. The Labute approximate surface area is 110 Å². The third-order valence-corrected chi connectivity index (χ3v) is 3.00. The van der Waals surface area contributed by atoms with Crippen LogP contribution in [0.25, 0.3) is 0 Å². The van der Waals surface area contributed by atoms with E-state index in [1.165, 1.54) is 0 Å². The number of ether oxygens (including phenoxy) is 2. The first-order valence-corrected chi connectivity index (χ1v) is 6.04. The van der Waals surface area contributed by atoms with Crippen molar-refractivity contribution in [3.63, 3.8) is 0 Å². The van der Waals surface area contributed by atoms with Crippen molar-refractivity contribution in [3.05, 3.63) is 23.2 Å². The van der Waals surface area contributed by atoms with Gasteiger partial charge in [-0.2, -0.15) is 0 Å². The molecule has 1 aromatic carbocycles. The van der Waals surface area contributed by atoms with Gasteiger partial charge in [-0.3, -0.25) is 4.79 Å². The van der Waals surface area contributed by atoms with E-state index in [2.05, 4.69) is 10.6 Å². The number of hydrogen-bond acceptors (Lipinski definition) is 4. The summed E-state index contributed by atoms with van der Waals surface area (Å²) in [6, 6.07) is 4.76. The average molecular weight is 271 g/mol. The number of methoxy groups -OCH3 is 1. The second kappa shape index (κ2) is 6.04. The second-order valence-electron chi connectivity index (χ2n) is 3.92. The average Bonchev–Trinajstić information content (AvgIpc) is 2.42. The number of halogens is 1. The van der Waals surface area contributed by atoms with Gasteiger partial charge in [0, 0.05) is 12.6 Å². The summed E-state index contributed by atoms with van der Waals surface area (Å²) in [5.41, 5.74) is 0.536. The standard InChI is InChI=1S/C12H15ClN2O3/c1-17-8-2-3-9(13)10(6-8)15-12(16)11-7-18-5-4-14-11/h2-3,6,11,14H,4-5,7H2,1H3,(H,15,16). The molecule has 1 aliphatic rings.